The normalized spacial score (nSPS) is 24.2. The Bertz CT molecular complexity index is 592. The number of hydrogen-bond acceptors (Lipinski definition) is 3. The van der Waals surface area contributed by atoms with Crippen LogP contribution in [0.25, 0.3) is 0 Å². The predicted molar refractivity (Wildman–Crippen MR) is 83.6 cm³/mol. The van der Waals surface area contributed by atoms with Crippen molar-refractivity contribution in [2.24, 2.45) is 5.92 Å². The van der Waals surface area contributed by atoms with E-state index in [0.29, 0.717) is 18.0 Å². The van der Waals surface area contributed by atoms with E-state index >= 15 is 0 Å². The Morgan fingerprint density at radius 1 is 1.33 bits per heavy atom. The number of morpholine rings is 1. The lowest BCUT2D eigenvalue weighted by molar-refractivity contribution is -0.0209. The Morgan fingerprint density at radius 2 is 1.95 bits per heavy atom. The van der Waals surface area contributed by atoms with Gasteiger partial charge in [-0.25, -0.2) is 8.42 Å². The molecule has 1 aliphatic heterocycles. The van der Waals surface area contributed by atoms with Gasteiger partial charge in [0, 0.05) is 6.54 Å². The van der Waals surface area contributed by atoms with E-state index in [0.717, 1.165) is 5.56 Å². The highest BCUT2D eigenvalue weighted by molar-refractivity contribution is 7.89. The standard InChI is InChI=1S/C16H23NO3S/c1-5-14-10-17(16(11-20-14)12(2)3)21(18,19)15-8-6-13(4)7-9-15/h5-9,12,14,16H,1,10-11H2,2-4H3/t14?,16-/m1/s1. The molecule has 0 aromatic heterocycles. The number of sulfonamides is 1. The monoisotopic (exact) mass is 309 g/mol. The number of ether oxygens (including phenoxy) is 1. The summed E-state index contributed by atoms with van der Waals surface area (Å²) in [4.78, 5) is 0.337. The molecule has 2 rings (SSSR count). The lowest BCUT2D eigenvalue weighted by atomic mass is 10.0. The van der Waals surface area contributed by atoms with Gasteiger partial charge in [0.15, 0.2) is 0 Å². The zero-order valence-electron chi connectivity index (χ0n) is 12.8. The van der Waals surface area contributed by atoms with Crippen LogP contribution in [0.1, 0.15) is 19.4 Å². The summed E-state index contributed by atoms with van der Waals surface area (Å²) in [5, 5.41) is 0. The van der Waals surface area contributed by atoms with Gasteiger partial charge in [0.2, 0.25) is 10.0 Å². The van der Waals surface area contributed by atoms with Crippen LogP contribution in [0.5, 0.6) is 0 Å². The van der Waals surface area contributed by atoms with Crippen LogP contribution in [0.4, 0.5) is 0 Å². The number of hydrogen-bond donors (Lipinski definition) is 0. The molecule has 1 saturated heterocycles. The molecule has 1 aliphatic rings. The molecule has 0 N–H and O–H groups in total. The first kappa shape index (κ1) is 16.2. The summed E-state index contributed by atoms with van der Waals surface area (Å²) < 4.78 is 33.0. The highest BCUT2D eigenvalue weighted by atomic mass is 32.2. The highest BCUT2D eigenvalue weighted by Crippen LogP contribution is 2.26. The van der Waals surface area contributed by atoms with Crippen LogP contribution in [0.2, 0.25) is 0 Å². The third-order valence-corrected chi connectivity index (χ3v) is 5.78. The van der Waals surface area contributed by atoms with Crippen LogP contribution in [0.15, 0.2) is 41.8 Å². The van der Waals surface area contributed by atoms with Crippen molar-refractivity contribution in [1.29, 1.82) is 0 Å². The van der Waals surface area contributed by atoms with Crippen molar-refractivity contribution in [3.05, 3.63) is 42.5 Å². The molecule has 0 aliphatic carbocycles. The molecule has 0 spiro atoms. The van der Waals surface area contributed by atoms with E-state index in [-0.39, 0.29) is 18.1 Å². The molecule has 1 aromatic carbocycles. The van der Waals surface area contributed by atoms with E-state index in [1.807, 2.05) is 32.9 Å². The van der Waals surface area contributed by atoms with E-state index < -0.39 is 10.0 Å². The van der Waals surface area contributed by atoms with Crippen molar-refractivity contribution in [2.75, 3.05) is 13.2 Å². The molecular formula is C16H23NO3S. The van der Waals surface area contributed by atoms with E-state index in [9.17, 15) is 8.42 Å². The molecule has 0 saturated carbocycles. The Kier molecular flexibility index (Phi) is 4.86. The van der Waals surface area contributed by atoms with Crippen LogP contribution in [0.3, 0.4) is 0 Å². The molecular weight excluding hydrogens is 286 g/mol. The van der Waals surface area contributed by atoms with Crippen molar-refractivity contribution in [3.63, 3.8) is 0 Å². The van der Waals surface area contributed by atoms with Gasteiger partial charge in [-0.3, -0.25) is 0 Å². The van der Waals surface area contributed by atoms with Gasteiger partial charge in [-0.15, -0.1) is 6.58 Å². The predicted octanol–water partition coefficient (Wildman–Crippen LogP) is 2.60. The lowest BCUT2D eigenvalue weighted by Crippen LogP contribution is -2.53. The largest absolute Gasteiger partial charge is 0.371 e. The van der Waals surface area contributed by atoms with Crippen LogP contribution >= 0.6 is 0 Å². The summed E-state index contributed by atoms with van der Waals surface area (Å²) in [6.07, 6.45) is 1.41. The second-order valence-corrected chi connectivity index (χ2v) is 7.70. The first-order valence-corrected chi connectivity index (χ1v) is 8.63. The average Bonchev–Trinajstić information content (AvgIpc) is 2.47. The second-order valence-electron chi connectivity index (χ2n) is 5.81. The third-order valence-electron chi connectivity index (χ3n) is 3.87. The molecule has 116 valence electrons. The fraction of sp³-hybridized carbons (Fsp3) is 0.500. The number of benzene rings is 1. The highest BCUT2D eigenvalue weighted by Gasteiger charge is 2.38. The van der Waals surface area contributed by atoms with Gasteiger partial charge in [-0.2, -0.15) is 4.31 Å². The molecule has 1 fully saturated rings. The van der Waals surface area contributed by atoms with Crippen molar-refractivity contribution in [3.8, 4) is 0 Å². The molecule has 5 heteroatoms. The Morgan fingerprint density at radius 3 is 2.48 bits per heavy atom. The van der Waals surface area contributed by atoms with E-state index in [1.54, 1.807) is 22.5 Å². The molecule has 1 unspecified atom stereocenters. The first-order valence-electron chi connectivity index (χ1n) is 7.19. The maximum atomic E-state index is 12.9. The van der Waals surface area contributed by atoms with Gasteiger partial charge >= 0.3 is 0 Å². The van der Waals surface area contributed by atoms with E-state index in [2.05, 4.69) is 6.58 Å². The number of rotatable bonds is 4. The van der Waals surface area contributed by atoms with Crippen molar-refractivity contribution < 1.29 is 13.2 Å². The van der Waals surface area contributed by atoms with Gasteiger partial charge < -0.3 is 4.74 Å². The van der Waals surface area contributed by atoms with Crippen molar-refractivity contribution in [2.45, 2.75) is 37.8 Å². The van der Waals surface area contributed by atoms with Crippen LogP contribution in [0, 0.1) is 12.8 Å². The molecule has 0 bridgehead atoms. The Labute approximate surface area is 127 Å². The summed E-state index contributed by atoms with van der Waals surface area (Å²) in [7, 11) is -3.51. The van der Waals surface area contributed by atoms with Crippen LogP contribution in [-0.2, 0) is 14.8 Å². The Balaban J connectivity index is 2.38. The summed E-state index contributed by atoms with van der Waals surface area (Å²) in [5.74, 6) is 0.191. The summed E-state index contributed by atoms with van der Waals surface area (Å²) in [6.45, 7) is 10.4. The van der Waals surface area contributed by atoms with Crippen molar-refractivity contribution >= 4 is 10.0 Å². The fourth-order valence-corrected chi connectivity index (χ4v) is 4.22. The summed E-state index contributed by atoms with van der Waals surface area (Å²) in [5.41, 5.74) is 1.04. The van der Waals surface area contributed by atoms with Gasteiger partial charge in [0.1, 0.15) is 0 Å². The third kappa shape index (κ3) is 3.36. The summed E-state index contributed by atoms with van der Waals surface area (Å²) >= 11 is 0. The topological polar surface area (TPSA) is 46.6 Å². The molecule has 4 nitrogen and oxygen atoms in total. The second kappa shape index (κ2) is 6.30. The maximum absolute atomic E-state index is 12.9. The minimum absolute atomic E-state index is 0.146. The Hall–Kier alpha value is -1.17. The SMILES string of the molecule is C=CC1CN(S(=O)(=O)c2ccc(C)cc2)[C@@H](C(C)C)CO1. The molecule has 0 radical (unpaired) electrons. The molecule has 2 atom stereocenters. The van der Waals surface area contributed by atoms with Gasteiger partial charge in [-0.05, 0) is 25.0 Å². The first-order chi connectivity index (χ1) is 9.86. The van der Waals surface area contributed by atoms with Crippen LogP contribution in [-0.4, -0.2) is 38.0 Å². The van der Waals surface area contributed by atoms with Crippen LogP contribution < -0.4 is 0 Å². The molecule has 0 amide bonds. The average molecular weight is 309 g/mol. The number of aryl methyl sites for hydroxylation is 1. The fourth-order valence-electron chi connectivity index (χ4n) is 2.46. The lowest BCUT2D eigenvalue weighted by Gasteiger charge is -2.39. The summed E-state index contributed by atoms with van der Waals surface area (Å²) in [6, 6.07) is 6.83. The zero-order chi connectivity index (χ0) is 15.6. The van der Waals surface area contributed by atoms with E-state index in [4.69, 9.17) is 4.74 Å². The molecule has 1 heterocycles. The molecule has 1 aromatic rings. The molecule has 21 heavy (non-hydrogen) atoms. The van der Waals surface area contributed by atoms with E-state index in [1.165, 1.54) is 0 Å². The van der Waals surface area contributed by atoms with Gasteiger partial charge in [0.25, 0.3) is 0 Å². The number of nitrogens with zero attached hydrogens (tertiary/aromatic N) is 1. The van der Waals surface area contributed by atoms with Gasteiger partial charge in [-0.1, -0.05) is 37.6 Å². The minimum Gasteiger partial charge on any atom is -0.371 e. The minimum atomic E-state index is -3.51. The zero-order valence-corrected chi connectivity index (χ0v) is 13.6. The van der Waals surface area contributed by atoms with Crippen molar-refractivity contribution in [1.82, 2.24) is 4.31 Å². The maximum Gasteiger partial charge on any atom is 0.243 e. The smallest absolute Gasteiger partial charge is 0.243 e. The quantitative estimate of drug-likeness (QED) is 0.803. The van der Waals surface area contributed by atoms with Gasteiger partial charge in [0.05, 0.1) is 23.6 Å².